The zero-order valence-corrected chi connectivity index (χ0v) is 21.6. The number of fused-ring (bicyclic) bond motifs is 1. The van der Waals surface area contributed by atoms with Crippen molar-refractivity contribution in [3.05, 3.63) is 36.4 Å². The van der Waals surface area contributed by atoms with Crippen molar-refractivity contribution in [3.8, 4) is 11.5 Å². The summed E-state index contributed by atoms with van der Waals surface area (Å²) in [5, 5.41) is 0. The molecule has 3 aliphatic carbocycles. The van der Waals surface area contributed by atoms with Crippen LogP contribution in [0, 0.1) is 35.5 Å². The number of carbonyl (C=O) groups excluding carboxylic acids is 1. The van der Waals surface area contributed by atoms with Crippen LogP contribution in [0.3, 0.4) is 0 Å². The first-order valence-corrected chi connectivity index (χ1v) is 14.2. The Labute approximate surface area is 207 Å². The van der Waals surface area contributed by atoms with Gasteiger partial charge in [0, 0.05) is 0 Å². The second-order valence-electron chi connectivity index (χ2n) is 11.2. The van der Waals surface area contributed by atoms with E-state index in [1.807, 2.05) is 43.3 Å². The van der Waals surface area contributed by atoms with Crippen molar-refractivity contribution in [1.82, 2.24) is 0 Å². The second kappa shape index (κ2) is 12.8. The molecule has 1 aromatic carbocycles. The number of unbranched alkanes of at least 4 members (excludes halogenated alkanes) is 1. The molecule has 3 heteroatoms. The van der Waals surface area contributed by atoms with Gasteiger partial charge in [0.2, 0.25) is 0 Å². The Morgan fingerprint density at radius 3 is 2.38 bits per heavy atom. The molecule has 3 nitrogen and oxygen atoms in total. The van der Waals surface area contributed by atoms with Crippen LogP contribution in [0.1, 0.15) is 97.3 Å². The normalized spacial score (nSPS) is 31.7. The maximum Gasteiger partial charge on any atom is 0.314 e. The van der Waals surface area contributed by atoms with Crippen LogP contribution in [-0.4, -0.2) is 12.6 Å². The molecule has 1 aromatic rings. The fourth-order valence-corrected chi connectivity index (χ4v) is 7.20. The van der Waals surface area contributed by atoms with Crippen LogP contribution >= 0.6 is 0 Å². The van der Waals surface area contributed by atoms with Crippen LogP contribution in [0.15, 0.2) is 36.4 Å². The summed E-state index contributed by atoms with van der Waals surface area (Å²) < 4.78 is 11.5. The van der Waals surface area contributed by atoms with Gasteiger partial charge < -0.3 is 9.47 Å². The average Bonchev–Trinajstić information content (AvgIpc) is 2.88. The van der Waals surface area contributed by atoms with Crippen LogP contribution in [0.5, 0.6) is 11.5 Å². The van der Waals surface area contributed by atoms with Crippen LogP contribution in [0.25, 0.3) is 0 Å². The first-order valence-electron chi connectivity index (χ1n) is 14.2. The van der Waals surface area contributed by atoms with Gasteiger partial charge in [0.15, 0.2) is 0 Å². The molecule has 0 heterocycles. The maximum absolute atomic E-state index is 13.2. The van der Waals surface area contributed by atoms with E-state index in [4.69, 9.17) is 9.47 Å². The molecular formula is C31H46O3. The highest BCUT2D eigenvalue weighted by atomic mass is 16.5. The molecule has 3 saturated carbocycles. The lowest BCUT2D eigenvalue weighted by molar-refractivity contribution is -0.144. The molecule has 0 bridgehead atoms. The van der Waals surface area contributed by atoms with Gasteiger partial charge in [0.25, 0.3) is 0 Å². The molecule has 4 atom stereocenters. The van der Waals surface area contributed by atoms with Gasteiger partial charge in [-0.15, -0.1) is 0 Å². The fraction of sp³-hybridized carbons (Fsp3) is 0.710. The van der Waals surface area contributed by atoms with Gasteiger partial charge in [0.1, 0.15) is 18.1 Å². The van der Waals surface area contributed by atoms with E-state index in [0.29, 0.717) is 18.3 Å². The molecule has 0 aliphatic heterocycles. The molecule has 4 rings (SSSR count). The summed E-state index contributed by atoms with van der Waals surface area (Å²) in [5.74, 6) is 5.61. The highest BCUT2D eigenvalue weighted by Gasteiger charge is 2.43. The molecule has 0 saturated heterocycles. The van der Waals surface area contributed by atoms with Crippen LogP contribution < -0.4 is 9.47 Å². The Kier molecular flexibility index (Phi) is 9.53. The van der Waals surface area contributed by atoms with Crippen LogP contribution in [0.2, 0.25) is 0 Å². The minimum absolute atomic E-state index is 0.00725. The molecule has 0 radical (unpaired) electrons. The summed E-state index contributed by atoms with van der Waals surface area (Å²) in [4.78, 5) is 13.2. The minimum Gasteiger partial charge on any atom is -0.490 e. The summed E-state index contributed by atoms with van der Waals surface area (Å²) in [6.07, 6.45) is 21.4. The van der Waals surface area contributed by atoms with Crippen LogP contribution in [-0.2, 0) is 4.79 Å². The molecule has 188 valence electrons. The number of rotatable bonds is 9. The Morgan fingerprint density at radius 1 is 0.912 bits per heavy atom. The van der Waals surface area contributed by atoms with E-state index in [1.165, 1.54) is 77.0 Å². The molecular weight excluding hydrogens is 420 g/mol. The lowest BCUT2D eigenvalue weighted by Crippen LogP contribution is -2.40. The third kappa shape index (κ3) is 6.67. The highest BCUT2D eigenvalue weighted by molar-refractivity contribution is 5.75. The standard InChI is InChI=1S/C31H46O3/c1-3-5-8-23-11-13-24(14-12-23)25-15-20-29-26(22-25)9-7-10-30(29)31(32)34-28-18-16-27(17-19-28)33-21-6-4-2/h4,6,16-19,23-26,29-30H,3,5,7-15,20-22H2,1-2H3/b6-4+. The van der Waals surface area contributed by atoms with Crippen molar-refractivity contribution >= 4 is 5.97 Å². The molecule has 0 amide bonds. The highest BCUT2D eigenvalue weighted by Crippen LogP contribution is 2.50. The number of ether oxygens (including phenoxy) is 2. The number of benzene rings is 1. The lowest BCUT2D eigenvalue weighted by Gasteiger charge is -2.46. The summed E-state index contributed by atoms with van der Waals surface area (Å²) in [5.41, 5.74) is 0. The van der Waals surface area contributed by atoms with Crippen LogP contribution in [0.4, 0.5) is 0 Å². The molecule has 34 heavy (non-hydrogen) atoms. The second-order valence-corrected chi connectivity index (χ2v) is 11.2. The Hall–Kier alpha value is -1.77. The molecule has 0 aromatic heterocycles. The van der Waals surface area contributed by atoms with Gasteiger partial charge >= 0.3 is 5.97 Å². The molecule has 3 aliphatic rings. The lowest BCUT2D eigenvalue weighted by atomic mass is 9.59. The quantitative estimate of drug-likeness (QED) is 0.208. The number of allylic oxidation sites excluding steroid dienone is 1. The summed E-state index contributed by atoms with van der Waals surface area (Å²) in [7, 11) is 0. The van der Waals surface area contributed by atoms with E-state index < -0.39 is 0 Å². The zero-order chi connectivity index (χ0) is 23.8. The molecule has 0 N–H and O–H groups in total. The minimum atomic E-state index is -0.00725. The third-order valence-electron chi connectivity index (χ3n) is 9.14. The third-order valence-corrected chi connectivity index (χ3v) is 9.14. The topological polar surface area (TPSA) is 35.5 Å². The first kappa shape index (κ1) is 25.3. The average molecular weight is 467 g/mol. The van der Waals surface area contributed by atoms with E-state index in [9.17, 15) is 4.79 Å². The molecule has 3 fully saturated rings. The zero-order valence-electron chi connectivity index (χ0n) is 21.6. The van der Waals surface area contributed by atoms with E-state index in [2.05, 4.69) is 6.92 Å². The Morgan fingerprint density at radius 2 is 1.65 bits per heavy atom. The van der Waals surface area contributed by atoms with Gasteiger partial charge in [-0.25, -0.2) is 0 Å². The van der Waals surface area contributed by atoms with E-state index in [0.717, 1.165) is 35.8 Å². The summed E-state index contributed by atoms with van der Waals surface area (Å²) in [6.45, 7) is 4.85. The SMILES string of the molecule is C/C=C/COc1ccc(OC(=O)C2CCCC3CC(C4CCC(CCCC)CC4)CCC32)cc1. The number of hydrogen-bond donors (Lipinski definition) is 0. The molecule has 4 unspecified atom stereocenters. The van der Waals surface area contributed by atoms with E-state index >= 15 is 0 Å². The summed E-state index contributed by atoms with van der Waals surface area (Å²) in [6, 6.07) is 7.49. The predicted molar refractivity (Wildman–Crippen MR) is 139 cm³/mol. The monoisotopic (exact) mass is 466 g/mol. The predicted octanol–water partition coefficient (Wildman–Crippen LogP) is 8.38. The Bertz CT molecular complexity index is 774. The maximum atomic E-state index is 13.2. The Balaban J connectivity index is 1.26. The van der Waals surface area contributed by atoms with E-state index in [1.54, 1.807) is 0 Å². The van der Waals surface area contributed by atoms with Crippen molar-refractivity contribution in [2.75, 3.05) is 6.61 Å². The van der Waals surface area contributed by atoms with Crippen molar-refractivity contribution in [2.45, 2.75) is 97.3 Å². The van der Waals surface area contributed by atoms with Crippen molar-refractivity contribution in [3.63, 3.8) is 0 Å². The van der Waals surface area contributed by atoms with Crippen molar-refractivity contribution < 1.29 is 14.3 Å². The molecule has 0 spiro atoms. The van der Waals surface area contributed by atoms with E-state index in [-0.39, 0.29) is 11.9 Å². The van der Waals surface area contributed by atoms with Crippen molar-refractivity contribution in [1.29, 1.82) is 0 Å². The number of esters is 1. The van der Waals surface area contributed by atoms with Gasteiger partial charge in [-0.1, -0.05) is 64.0 Å². The van der Waals surface area contributed by atoms with Gasteiger partial charge in [0.05, 0.1) is 5.92 Å². The first-order chi connectivity index (χ1) is 16.7. The van der Waals surface area contributed by atoms with Gasteiger partial charge in [-0.05, 0) is 99.3 Å². The smallest absolute Gasteiger partial charge is 0.314 e. The van der Waals surface area contributed by atoms with Gasteiger partial charge in [-0.3, -0.25) is 4.79 Å². The number of carbonyl (C=O) groups is 1. The van der Waals surface area contributed by atoms with Crippen molar-refractivity contribution in [2.24, 2.45) is 35.5 Å². The fourth-order valence-electron chi connectivity index (χ4n) is 7.20. The largest absolute Gasteiger partial charge is 0.490 e. The number of hydrogen-bond acceptors (Lipinski definition) is 3. The summed E-state index contributed by atoms with van der Waals surface area (Å²) >= 11 is 0. The van der Waals surface area contributed by atoms with Gasteiger partial charge in [-0.2, -0.15) is 0 Å².